The van der Waals surface area contributed by atoms with Crippen LogP contribution in [0.3, 0.4) is 0 Å². The molecule has 14 heavy (non-hydrogen) atoms. The molecule has 0 aromatic rings. The molecule has 1 rings (SSSR count). The van der Waals surface area contributed by atoms with Gasteiger partial charge in [0.1, 0.15) is 0 Å². The molecule has 0 atom stereocenters. The molecule has 0 amide bonds. The smallest absolute Gasteiger partial charge is 0.0766 e. The zero-order valence-electron chi connectivity index (χ0n) is 9.90. The van der Waals surface area contributed by atoms with Crippen LogP contribution in [-0.2, 0) is 0 Å². The maximum Gasteiger partial charge on any atom is 0.0766 e. The maximum absolute atomic E-state index is 10.1. The molecular formula is C12H25NO. The summed E-state index contributed by atoms with van der Waals surface area (Å²) in [5.41, 5.74) is -0.129. The zero-order valence-corrected chi connectivity index (χ0v) is 9.90. The molecule has 1 fully saturated rings. The molecule has 0 bridgehead atoms. The molecule has 2 nitrogen and oxygen atoms in total. The highest BCUT2D eigenvalue weighted by molar-refractivity contribution is 4.96. The summed E-state index contributed by atoms with van der Waals surface area (Å²) in [5.74, 6) is 0. The Hall–Kier alpha value is -0.0800. The topological polar surface area (TPSA) is 32.3 Å². The Morgan fingerprint density at radius 1 is 1.21 bits per heavy atom. The molecule has 0 saturated heterocycles. The second-order valence-corrected chi connectivity index (χ2v) is 4.77. The Balaban J connectivity index is 2.37. The number of hydrogen-bond acceptors (Lipinski definition) is 2. The van der Waals surface area contributed by atoms with Gasteiger partial charge in [-0.2, -0.15) is 0 Å². The van der Waals surface area contributed by atoms with Crippen molar-refractivity contribution < 1.29 is 5.11 Å². The Labute approximate surface area is 88.1 Å². The van der Waals surface area contributed by atoms with E-state index in [1.54, 1.807) is 0 Å². The third-order valence-electron chi connectivity index (χ3n) is 4.10. The molecule has 0 radical (unpaired) electrons. The van der Waals surface area contributed by atoms with Crippen LogP contribution in [0.1, 0.15) is 59.3 Å². The van der Waals surface area contributed by atoms with Crippen LogP contribution in [0.15, 0.2) is 0 Å². The van der Waals surface area contributed by atoms with Crippen molar-refractivity contribution >= 4 is 0 Å². The summed E-state index contributed by atoms with van der Waals surface area (Å²) >= 11 is 0. The van der Waals surface area contributed by atoms with Gasteiger partial charge in [-0.3, -0.25) is 0 Å². The first kappa shape index (κ1) is 12.0. The van der Waals surface area contributed by atoms with E-state index in [1.165, 1.54) is 25.7 Å². The highest BCUT2D eigenvalue weighted by atomic mass is 16.3. The van der Waals surface area contributed by atoms with Crippen molar-refractivity contribution in [2.24, 2.45) is 0 Å². The van der Waals surface area contributed by atoms with E-state index in [0.717, 1.165) is 19.4 Å². The highest BCUT2D eigenvalue weighted by Crippen LogP contribution is 2.35. The van der Waals surface area contributed by atoms with Gasteiger partial charge in [0, 0.05) is 12.1 Å². The Morgan fingerprint density at radius 2 is 1.79 bits per heavy atom. The second-order valence-electron chi connectivity index (χ2n) is 4.77. The average Bonchev–Trinajstić information content (AvgIpc) is 2.16. The summed E-state index contributed by atoms with van der Waals surface area (Å²) in [7, 11) is 0. The first-order chi connectivity index (χ1) is 6.60. The van der Waals surface area contributed by atoms with Crippen LogP contribution < -0.4 is 5.32 Å². The van der Waals surface area contributed by atoms with Gasteiger partial charge in [0.2, 0.25) is 0 Å². The first-order valence-corrected chi connectivity index (χ1v) is 6.07. The fraction of sp³-hybridized carbons (Fsp3) is 1.00. The molecule has 2 N–H and O–H groups in total. The molecule has 0 heterocycles. The Bertz CT molecular complexity index is 153. The maximum atomic E-state index is 10.1. The third-order valence-corrected chi connectivity index (χ3v) is 4.10. The van der Waals surface area contributed by atoms with Crippen molar-refractivity contribution in [3.63, 3.8) is 0 Å². The minimum atomic E-state index is -0.488. The van der Waals surface area contributed by atoms with Gasteiger partial charge in [-0.05, 0) is 38.5 Å². The number of nitrogens with one attached hydrogen (secondary N) is 1. The van der Waals surface area contributed by atoms with Crippen molar-refractivity contribution in [3.05, 3.63) is 0 Å². The van der Waals surface area contributed by atoms with Crippen LogP contribution in [-0.4, -0.2) is 22.8 Å². The second kappa shape index (κ2) is 4.63. The van der Waals surface area contributed by atoms with Crippen LogP contribution in [0.5, 0.6) is 0 Å². The summed E-state index contributed by atoms with van der Waals surface area (Å²) in [4.78, 5) is 0. The summed E-state index contributed by atoms with van der Waals surface area (Å²) < 4.78 is 0. The molecule has 0 unspecified atom stereocenters. The molecule has 1 aliphatic carbocycles. The highest BCUT2D eigenvalue weighted by Gasteiger charge is 2.36. The molecule has 1 aliphatic rings. The summed E-state index contributed by atoms with van der Waals surface area (Å²) in [6.07, 6.45) is 6.79. The monoisotopic (exact) mass is 199 g/mol. The lowest BCUT2D eigenvalue weighted by Gasteiger charge is -2.44. The fourth-order valence-electron chi connectivity index (χ4n) is 2.11. The summed E-state index contributed by atoms with van der Waals surface area (Å²) in [6, 6.07) is 0. The normalized spacial score (nSPS) is 20.6. The standard InChI is InChI=1S/C12H25NO/c1-4-11(8-7-9-11)13-10-12(14,5-2)6-3/h13-14H,4-10H2,1-3H3. The predicted octanol–water partition coefficient (Wildman–Crippen LogP) is 2.46. The average molecular weight is 199 g/mol. The van der Waals surface area contributed by atoms with Crippen molar-refractivity contribution in [2.45, 2.75) is 70.4 Å². The zero-order chi connectivity index (χ0) is 10.7. The lowest BCUT2D eigenvalue weighted by Crippen LogP contribution is -2.55. The van der Waals surface area contributed by atoms with Gasteiger partial charge >= 0.3 is 0 Å². The van der Waals surface area contributed by atoms with Crippen LogP contribution in [0, 0.1) is 0 Å². The van der Waals surface area contributed by atoms with Gasteiger partial charge in [-0.1, -0.05) is 20.8 Å². The van der Waals surface area contributed by atoms with Crippen LogP contribution in [0.2, 0.25) is 0 Å². The quantitative estimate of drug-likeness (QED) is 0.688. The van der Waals surface area contributed by atoms with E-state index in [0.29, 0.717) is 5.54 Å². The van der Waals surface area contributed by atoms with Crippen molar-refractivity contribution in [1.29, 1.82) is 0 Å². The van der Waals surface area contributed by atoms with Gasteiger partial charge in [0.25, 0.3) is 0 Å². The van der Waals surface area contributed by atoms with E-state index in [1.807, 2.05) is 0 Å². The number of aliphatic hydroxyl groups is 1. The molecule has 0 spiro atoms. The molecular weight excluding hydrogens is 174 g/mol. The number of β-amino-alcohol motifs (C(OH)–C–C–N with tert-alkyl or cyclic N) is 1. The van der Waals surface area contributed by atoms with Gasteiger partial charge in [0.15, 0.2) is 0 Å². The predicted molar refractivity (Wildman–Crippen MR) is 60.4 cm³/mol. The molecule has 84 valence electrons. The van der Waals surface area contributed by atoms with Crippen LogP contribution >= 0.6 is 0 Å². The molecule has 0 aromatic carbocycles. The van der Waals surface area contributed by atoms with Crippen molar-refractivity contribution in [3.8, 4) is 0 Å². The van der Waals surface area contributed by atoms with Crippen LogP contribution in [0.4, 0.5) is 0 Å². The summed E-state index contributed by atoms with van der Waals surface area (Å²) in [6.45, 7) is 7.12. The lowest BCUT2D eigenvalue weighted by atomic mass is 9.74. The minimum absolute atomic E-state index is 0.359. The van der Waals surface area contributed by atoms with E-state index < -0.39 is 5.60 Å². The summed E-state index contributed by atoms with van der Waals surface area (Å²) in [5, 5.41) is 13.7. The minimum Gasteiger partial charge on any atom is -0.389 e. The fourth-order valence-corrected chi connectivity index (χ4v) is 2.11. The van der Waals surface area contributed by atoms with Crippen molar-refractivity contribution in [1.82, 2.24) is 5.32 Å². The molecule has 2 heteroatoms. The van der Waals surface area contributed by atoms with Gasteiger partial charge in [0.05, 0.1) is 5.60 Å². The number of rotatable bonds is 6. The van der Waals surface area contributed by atoms with Gasteiger partial charge in [-0.25, -0.2) is 0 Å². The Morgan fingerprint density at radius 3 is 2.07 bits per heavy atom. The van der Waals surface area contributed by atoms with Gasteiger partial charge < -0.3 is 10.4 Å². The van der Waals surface area contributed by atoms with E-state index in [-0.39, 0.29) is 0 Å². The third kappa shape index (κ3) is 2.48. The van der Waals surface area contributed by atoms with E-state index in [9.17, 15) is 5.11 Å². The van der Waals surface area contributed by atoms with E-state index in [2.05, 4.69) is 26.1 Å². The first-order valence-electron chi connectivity index (χ1n) is 6.07. The molecule has 1 saturated carbocycles. The number of hydrogen-bond donors (Lipinski definition) is 2. The van der Waals surface area contributed by atoms with Crippen LogP contribution in [0.25, 0.3) is 0 Å². The van der Waals surface area contributed by atoms with E-state index in [4.69, 9.17) is 0 Å². The Kier molecular flexibility index (Phi) is 3.96. The molecule has 0 aromatic heterocycles. The molecule has 0 aliphatic heterocycles. The lowest BCUT2D eigenvalue weighted by molar-refractivity contribution is 0.0153. The SMILES string of the molecule is CCC(O)(CC)CNC1(CC)CCC1. The van der Waals surface area contributed by atoms with Crippen molar-refractivity contribution in [2.75, 3.05) is 6.54 Å². The van der Waals surface area contributed by atoms with Gasteiger partial charge in [-0.15, -0.1) is 0 Å². The van der Waals surface area contributed by atoms with E-state index >= 15 is 0 Å². The largest absolute Gasteiger partial charge is 0.389 e.